The average molecular weight is 277 g/mol. The van der Waals surface area contributed by atoms with E-state index < -0.39 is 0 Å². The van der Waals surface area contributed by atoms with Gasteiger partial charge >= 0.3 is 0 Å². The van der Waals surface area contributed by atoms with E-state index in [4.69, 9.17) is 9.47 Å². The lowest BCUT2D eigenvalue weighted by Gasteiger charge is -2.27. The zero-order valence-electron chi connectivity index (χ0n) is 13.3. The molecule has 0 aromatic heterocycles. The van der Waals surface area contributed by atoms with Crippen LogP contribution in [0.4, 0.5) is 0 Å². The van der Waals surface area contributed by atoms with Crippen molar-refractivity contribution in [3.05, 3.63) is 28.8 Å². The summed E-state index contributed by atoms with van der Waals surface area (Å²) < 4.78 is 11.4. The van der Waals surface area contributed by atoms with Gasteiger partial charge in [0.05, 0.1) is 19.8 Å². The van der Waals surface area contributed by atoms with Gasteiger partial charge in [-0.05, 0) is 50.9 Å². The third-order valence-electron chi connectivity index (χ3n) is 4.15. The Hall–Kier alpha value is -1.06. The SMILES string of the molecule is CCNC(c1c(C)cc(C)cc1OC)C1COC(C)C1. The molecule has 1 saturated heterocycles. The standard InChI is InChI=1S/C17H27NO2/c1-6-18-17(14-9-13(4)20-10-14)16-12(3)7-11(2)8-15(16)19-5/h7-8,13-14,17-18H,6,9-10H2,1-5H3. The Morgan fingerprint density at radius 1 is 1.40 bits per heavy atom. The summed E-state index contributed by atoms with van der Waals surface area (Å²) in [6.45, 7) is 10.4. The molecular formula is C17H27NO2. The van der Waals surface area contributed by atoms with Gasteiger partial charge in [-0.3, -0.25) is 0 Å². The van der Waals surface area contributed by atoms with E-state index >= 15 is 0 Å². The molecule has 0 bridgehead atoms. The highest BCUT2D eigenvalue weighted by Gasteiger charge is 2.32. The van der Waals surface area contributed by atoms with Gasteiger partial charge in [-0.1, -0.05) is 13.0 Å². The average Bonchev–Trinajstić information content (AvgIpc) is 2.82. The highest BCUT2D eigenvalue weighted by atomic mass is 16.5. The topological polar surface area (TPSA) is 30.5 Å². The maximum atomic E-state index is 5.77. The van der Waals surface area contributed by atoms with Crippen molar-refractivity contribution in [1.29, 1.82) is 0 Å². The molecule has 2 rings (SSSR count). The van der Waals surface area contributed by atoms with Crippen molar-refractivity contribution in [1.82, 2.24) is 5.32 Å². The number of hydrogen-bond donors (Lipinski definition) is 1. The van der Waals surface area contributed by atoms with E-state index in [0.29, 0.717) is 18.1 Å². The molecule has 20 heavy (non-hydrogen) atoms. The van der Waals surface area contributed by atoms with E-state index in [0.717, 1.165) is 25.3 Å². The van der Waals surface area contributed by atoms with E-state index in [1.54, 1.807) is 7.11 Å². The highest BCUT2D eigenvalue weighted by Crippen LogP contribution is 2.38. The van der Waals surface area contributed by atoms with E-state index in [9.17, 15) is 0 Å². The van der Waals surface area contributed by atoms with E-state index in [-0.39, 0.29) is 0 Å². The van der Waals surface area contributed by atoms with Crippen LogP contribution in [0.1, 0.15) is 43.0 Å². The first-order valence-electron chi connectivity index (χ1n) is 7.56. The molecule has 0 aliphatic carbocycles. The number of aryl methyl sites for hydroxylation is 2. The minimum atomic E-state index is 0.306. The molecule has 3 heteroatoms. The summed E-state index contributed by atoms with van der Waals surface area (Å²) in [5, 5.41) is 3.64. The Bertz CT molecular complexity index is 459. The zero-order chi connectivity index (χ0) is 14.7. The van der Waals surface area contributed by atoms with Crippen LogP contribution in [0.3, 0.4) is 0 Å². The number of ether oxygens (including phenoxy) is 2. The Morgan fingerprint density at radius 2 is 2.15 bits per heavy atom. The fraction of sp³-hybridized carbons (Fsp3) is 0.647. The van der Waals surface area contributed by atoms with Gasteiger partial charge < -0.3 is 14.8 Å². The van der Waals surface area contributed by atoms with Crippen LogP contribution >= 0.6 is 0 Å². The van der Waals surface area contributed by atoms with E-state index in [1.165, 1.54) is 16.7 Å². The molecule has 0 spiro atoms. The molecule has 112 valence electrons. The van der Waals surface area contributed by atoms with Crippen LogP contribution in [-0.2, 0) is 4.74 Å². The smallest absolute Gasteiger partial charge is 0.124 e. The van der Waals surface area contributed by atoms with Crippen molar-refractivity contribution in [3.8, 4) is 5.75 Å². The summed E-state index contributed by atoms with van der Waals surface area (Å²) in [6.07, 6.45) is 1.46. The Balaban J connectivity index is 2.38. The number of nitrogens with one attached hydrogen (secondary N) is 1. The molecule has 1 aliphatic rings. The Morgan fingerprint density at radius 3 is 2.70 bits per heavy atom. The normalized spacial score (nSPS) is 23.9. The molecule has 1 aromatic carbocycles. The Kier molecular flexibility index (Phi) is 5.06. The molecule has 3 unspecified atom stereocenters. The summed E-state index contributed by atoms with van der Waals surface area (Å²) in [7, 11) is 1.76. The minimum Gasteiger partial charge on any atom is -0.496 e. The number of rotatable bonds is 5. The van der Waals surface area contributed by atoms with Gasteiger partial charge in [-0.25, -0.2) is 0 Å². The third-order valence-corrected chi connectivity index (χ3v) is 4.15. The molecule has 1 heterocycles. The zero-order valence-corrected chi connectivity index (χ0v) is 13.3. The largest absolute Gasteiger partial charge is 0.496 e. The van der Waals surface area contributed by atoms with Crippen molar-refractivity contribution in [2.24, 2.45) is 5.92 Å². The van der Waals surface area contributed by atoms with Crippen molar-refractivity contribution >= 4 is 0 Å². The van der Waals surface area contributed by atoms with Gasteiger partial charge in [0.2, 0.25) is 0 Å². The molecule has 1 fully saturated rings. The lowest BCUT2D eigenvalue weighted by atomic mass is 9.87. The van der Waals surface area contributed by atoms with Crippen LogP contribution in [0.2, 0.25) is 0 Å². The molecule has 1 aliphatic heterocycles. The maximum absolute atomic E-state index is 5.77. The fourth-order valence-corrected chi connectivity index (χ4v) is 3.31. The molecule has 3 atom stereocenters. The highest BCUT2D eigenvalue weighted by molar-refractivity contribution is 5.45. The van der Waals surface area contributed by atoms with Gasteiger partial charge in [-0.15, -0.1) is 0 Å². The quantitative estimate of drug-likeness (QED) is 0.895. The minimum absolute atomic E-state index is 0.306. The van der Waals surface area contributed by atoms with Crippen LogP contribution in [0.5, 0.6) is 5.75 Å². The van der Waals surface area contributed by atoms with Gasteiger partial charge in [0.1, 0.15) is 5.75 Å². The van der Waals surface area contributed by atoms with Gasteiger partial charge in [0, 0.05) is 17.5 Å². The van der Waals surface area contributed by atoms with Crippen LogP contribution in [0, 0.1) is 19.8 Å². The summed E-state index contributed by atoms with van der Waals surface area (Å²) >= 11 is 0. The molecule has 0 radical (unpaired) electrons. The van der Waals surface area contributed by atoms with Crippen molar-refractivity contribution in [3.63, 3.8) is 0 Å². The van der Waals surface area contributed by atoms with E-state index in [1.807, 2.05) is 0 Å². The summed E-state index contributed by atoms with van der Waals surface area (Å²) in [4.78, 5) is 0. The molecular weight excluding hydrogens is 250 g/mol. The van der Waals surface area contributed by atoms with Crippen molar-refractivity contribution in [2.45, 2.75) is 46.3 Å². The summed E-state index contributed by atoms with van der Waals surface area (Å²) in [6, 6.07) is 4.67. The first kappa shape index (κ1) is 15.3. The molecule has 3 nitrogen and oxygen atoms in total. The van der Waals surface area contributed by atoms with Crippen molar-refractivity contribution in [2.75, 3.05) is 20.3 Å². The monoisotopic (exact) mass is 277 g/mol. The van der Waals surface area contributed by atoms with Gasteiger partial charge in [0.15, 0.2) is 0 Å². The van der Waals surface area contributed by atoms with Crippen LogP contribution < -0.4 is 10.1 Å². The summed E-state index contributed by atoms with van der Waals surface area (Å²) in [5.41, 5.74) is 3.84. The predicted molar refractivity (Wildman–Crippen MR) is 82.4 cm³/mol. The number of methoxy groups -OCH3 is 1. The predicted octanol–water partition coefficient (Wildman–Crippen LogP) is 3.39. The maximum Gasteiger partial charge on any atom is 0.124 e. The molecule has 0 saturated carbocycles. The first-order chi connectivity index (χ1) is 9.56. The fourth-order valence-electron chi connectivity index (χ4n) is 3.31. The number of benzene rings is 1. The van der Waals surface area contributed by atoms with Crippen LogP contribution in [0.15, 0.2) is 12.1 Å². The second-order valence-corrected chi connectivity index (χ2v) is 5.87. The first-order valence-corrected chi connectivity index (χ1v) is 7.56. The van der Waals surface area contributed by atoms with Crippen LogP contribution in [0.25, 0.3) is 0 Å². The van der Waals surface area contributed by atoms with Gasteiger partial charge in [-0.2, -0.15) is 0 Å². The Labute approximate surface area is 122 Å². The lowest BCUT2D eigenvalue weighted by molar-refractivity contribution is 0.116. The number of hydrogen-bond acceptors (Lipinski definition) is 3. The van der Waals surface area contributed by atoms with Gasteiger partial charge in [0.25, 0.3) is 0 Å². The van der Waals surface area contributed by atoms with Crippen LogP contribution in [-0.4, -0.2) is 26.4 Å². The molecule has 1 aromatic rings. The molecule has 1 N–H and O–H groups in total. The second-order valence-electron chi connectivity index (χ2n) is 5.87. The molecule has 0 amide bonds. The third kappa shape index (κ3) is 3.15. The lowest BCUT2D eigenvalue weighted by Crippen LogP contribution is -2.29. The second kappa shape index (κ2) is 6.59. The van der Waals surface area contributed by atoms with E-state index in [2.05, 4.69) is 45.1 Å². The summed E-state index contributed by atoms with van der Waals surface area (Å²) in [5.74, 6) is 1.51. The van der Waals surface area contributed by atoms with Crippen molar-refractivity contribution < 1.29 is 9.47 Å².